The lowest BCUT2D eigenvalue weighted by Crippen LogP contribution is -2.08. The van der Waals surface area contributed by atoms with E-state index < -0.39 is 0 Å². The van der Waals surface area contributed by atoms with Crippen molar-refractivity contribution in [2.24, 2.45) is 0 Å². The van der Waals surface area contributed by atoms with Gasteiger partial charge < -0.3 is 10.6 Å². The number of halogens is 2. The van der Waals surface area contributed by atoms with Crippen molar-refractivity contribution in [2.45, 2.75) is 26.2 Å². The third-order valence-corrected chi connectivity index (χ3v) is 5.38. The molecule has 0 spiro atoms. The largest absolute Gasteiger partial charge is 0.324 e. The zero-order valence-electron chi connectivity index (χ0n) is 17.6. The van der Waals surface area contributed by atoms with Crippen molar-refractivity contribution in [2.75, 3.05) is 10.6 Å². The predicted octanol–water partition coefficient (Wildman–Crippen LogP) is 7.15. The lowest BCUT2D eigenvalue weighted by atomic mass is 10.1. The zero-order chi connectivity index (χ0) is 22.3. The van der Waals surface area contributed by atoms with Gasteiger partial charge in [-0.1, -0.05) is 59.6 Å². The van der Waals surface area contributed by atoms with E-state index in [0.717, 1.165) is 34.8 Å². The van der Waals surface area contributed by atoms with Gasteiger partial charge in [-0.15, -0.1) is 0 Å². The van der Waals surface area contributed by atoms with E-state index in [9.17, 15) is 0 Å². The number of nitrogens with one attached hydrogen (secondary N) is 2. The fourth-order valence-corrected chi connectivity index (χ4v) is 3.72. The Bertz CT molecular complexity index is 1210. The van der Waals surface area contributed by atoms with Gasteiger partial charge in [-0.05, 0) is 67.3 Å². The Hall–Kier alpha value is -3.15. The van der Waals surface area contributed by atoms with E-state index in [1.54, 1.807) is 0 Å². The summed E-state index contributed by atoms with van der Waals surface area (Å²) in [6, 6.07) is 23.4. The smallest absolute Gasteiger partial charge is 0.232 e. The second-order valence-electron chi connectivity index (χ2n) is 7.46. The fraction of sp³-hybridized carbons (Fsp3) is 0.160. The molecule has 1 aromatic heterocycles. The maximum Gasteiger partial charge on any atom is 0.232 e. The summed E-state index contributed by atoms with van der Waals surface area (Å²) in [4.78, 5) is 13.8. The molecule has 3 aromatic carbocycles. The van der Waals surface area contributed by atoms with Gasteiger partial charge in [-0.2, -0.15) is 15.0 Å². The highest BCUT2D eigenvalue weighted by Crippen LogP contribution is 2.22. The molecule has 0 unspecified atom stereocenters. The molecule has 0 saturated heterocycles. The molecule has 0 aliphatic rings. The fourth-order valence-electron chi connectivity index (χ4n) is 3.32. The second-order valence-corrected chi connectivity index (χ2v) is 8.33. The summed E-state index contributed by atoms with van der Waals surface area (Å²) in [7, 11) is 0. The molecule has 0 aliphatic carbocycles. The number of para-hydroxylation sites is 1. The van der Waals surface area contributed by atoms with E-state index in [0.29, 0.717) is 29.2 Å². The van der Waals surface area contributed by atoms with Gasteiger partial charge in [0.2, 0.25) is 11.9 Å². The highest BCUT2D eigenvalue weighted by Gasteiger charge is 2.09. The van der Waals surface area contributed by atoms with Crippen LogP contribution in [0.5, 0.6) is 0 Å². The van der Waals surface area contributed by atoms with Gasteiger partial charge in [-0.25, -0.2) is 0 Å². The zero-order valence-corrected chi connectivity index (χ0v) is 19.2. The molecule has 2 N–H and O–H groups in total. The number of hydrogen-bond acceptors (Lipinski definition) is 5. The van der Waals surface area contributed by atoms with Crippen molar-refractivity contribution in [3.8, 4) is 0 Å². The highest BCUT2D eigenvalue weighted by molar-refractivity contribution is 6.31. The van der Waals surface area contributed by atoms with Crippen molar-refractivity contribution >= 4 is 46.5 Å². The van der Waals surface area contributed by atoms with Gasteiger partial charge in [0.25, 0.3) is 0 Å². The molecule has 5 nitrogen and oxygen atoms in total. The van der Waals surface area contributed by atoms with E-state index in [-0.39, 0.29) is 0 Å². The van der Waals surface area contributed by atoms with Gasteiger partial charge in [0, 0.05) is 27.8 Å². The van der Waals surface area contributed by atoms with Crippen LogP contribution in [-0.2, 0) is 12.8 Å². The molecule has 0 bridgehead atoms. The molecular formula is C25H23Cl2N5. The molecule has 4 aromatic rings. The van der Waals surface area contributed by atoms with E-state index in [2.05, 4.69) is 31.7 Å². The normalized spacial score (nSPS) is 10.7. The summed E-state index contributed by atoms with van der Waals surface area (Å²) in [5, 5.41) is 7.95. The third-order valence-electron chi connectivity index (χ3n) is 4.91. The summed E-state index contributed by atoms with van der Waals surface area (Å²) in [5.41, 5.74) is 4.08. The Morgan fingerprint density at radius 2 is 1.44 bits per heavy atom. The van der Waals surface area contributed by atoms with Crippen LogP contribution in [0.4, 0.5) is 23.3 Å². The lowest BCUT2D eigenvalue weighted by molar-refractivity contribution is 0.766. The van der Waals surface area contributed by atoms with Crippen LogP contribution in [-0.4, -0.2) is 15.0 Å². The van der Waals surface area contributed by atoms with E-state index >= 15 is 0 Å². The Balaban J connectivity index is 1.55. The van der Waals surface area contributed by atoms with Crippen LogP contribution in [0, 0.1) is 6.92 Å². The van der Waals surface area contributed by atoms with Gasteiger partial charge in [0.05, 0.1) is 0 Å². The monoisotopic (exact) mass is 463 g/mol. The van der Waals surface area contributed by atoms with Crippen molar-refractivity contribution in [1.82, 2.24) is 15.0 Å². The van der Waals surface area contributed by atoms with Crippen molar-refractivity contribution in [1.29, 1.82) is 0 Å². The van der Waals surface area contributed by atoms with E-state index in [1.807, 2.05) is 73.7 Å². The van der Waals surface area contributed by atoms with E-state index in [4.69, 9.17) is 23.2 Å². The Morgan fingerprint density at radius 3 is 2.19 bits per heavy atom. The van der Waals surface area contributed by atoms with Gasteiger partial charge in [-0.3, -0.25) is 0 Å². The maximum absolute atomic E-state index is 6.12. The quantitative estimate of drug-likeness (QED) is 0.290. The van der Waals surface area contributed by atoms with Crippen molar-refractivity contribution in [3.05, 3.63) is 99.8 Å². The number of rotatable bonds is 8. The van der Waals surface area contributed by atoms with Gasteiger partial charge in [0.1, 0.15) is 5.82 Å². The number of hydrogen-bond donors (Lipinski definition) is 2. The summed E-state index contributed by atoms with van der Waals surface area (Å²) < 4.78 is 0. The molecule has 0 saturated carbocycles. The van der Waals surface area contributed by atoms with Crippen LogP contribution in [0.1, 0.15) is 23.4 Å². The van der Waals surface area contributed by atoms with Crippen LogP contribution in [0.25, 0.3) is 0 Å². The second kappa shape index (κ2) is 10.4. The summed E-state index contributed by atoms with van der Waals surface area (Å²) in [6.07, 6.45) is 2.50. The Labute approximate surface area is 197 Å². The number of benzene rings is 3. The summed E-state index contributed by atoms with van der Waals surface area (Å²) in [5.74, 6) is 1.68. The summed E-state index contributed by atoms with van der Waals surface area (Å²) >= 11 is 12.2. The molecule has 1 heterocycles. The first-order chi connectivity index (χ1) is 15.5. The minimum Gasteiger partial charge on any atom is -0.324 e. The van der Waals surface area contributed by atoms with Crippen LogP contribution < -0.4 is 10.6 Å². The first kappa shape index (κ1) is 22.1. The average molecular weight is 464 g/mol. The number of aryl methyl sites for hydroxylation is 3. The molecular weight excluding hydrogens is 441 g/mol. The Kier molecular flexibility index (Phi) is 7.20. The molecule has 32 heavy (non-hydrogen) atoms. The Morgan fingerprint density at radius 1 is 0.719 bits per heavy atom. The molecule has 4 rings (SSSR count). The molecule has 0 fully saturated rings. The van der Waals surface area contributed by atoms with Crippen LogP contribution in [0.2, 0.25) is 10.0 Å². The SMILES string of the molecule is Cc1ccccc1Nc1nc(CCCc2cccc(Cl)c2)nc(Nc2cccc(Cl)c2)n1. The number of anilines is 4. The average Bonchev–Trinajstić information content (AvgIpc) is 2.75. The first-order valence-electron chi connectivity index (χ1n) is 10.4. The molecule has 0 aliphatic heterocycles. The van der Waals surface area contributed by atoms with Gasteiger partial charge in [0.15, 0.2) is 0 Å². The molecule has 162 valence electrons. The standard InChI is InChI=1S/C25H23Cl2N5/c1-17-7-2-3-13-22(17)29-25-31-23(14-5-9-18-8-4-10-19(26)15-18)30-24(32-25)28-21-12-6-11-20(27)16-21/h2-4,6-8,10-13,15-16H,5,9,14H2,1H3,(H2,28,29,30,31,32). The van der Waals surface area contributed by atoms with E-state index in [1.165, 1.54) is 5.56 Å². The molecule has 7 heteroatoms. The minimum absolute atomic E-state index is 0.469. The third kappa shape index (κ3) is 6.19. The topological polar surface area (TPSA) is 62.7 Å². The first-order valence-corrected chi connectivity index (χ1v) is 11.2. The van der Waals surface area contributed by atoms with Crippen molar-refractivity contribution < 1.29 is 0 Å². The predicted molar refractivity (Wildman–Crippen MR) is 133 cm³/mol. The van der Waals surface area contributed by atoms with Crippen LogP contribution in [0.3, 0.4) is 0 Å². The lowest BCUT2D eigenvalue weighted by Gasteiger charge is -2.12. The van der Waals surface area contributed by atoms with Crippen molar-refractivity contribution in [3.63, 3.8) is 0 Å². The minimum atomic E-state index is 0.469. The molecule has 0 radical (unpaired) electrons. The highest BCUT2D eigenvalue weighted by atomic mass is 35.5. The number of aromatic nitrogens is 3. The molecule has 0 atom stereocenters. The number of nitrogens with zero attached hydrogens (tertiary/aromatic N) is 3. The van der Waals surface area contributed by atoms with Crippen LogP contribution >= 0.6 is 23.2 Å². The maximum atomic E-state index is 6.12. The van der Waals surface area contributed by atoms with Crippen LogP contribution in [0.15, 0.2) is 72.8 Å². The molecule has 0 amide bonds. The summed E-state index contributed by atoms with van der Waals surface area (Å²) in [6.45, 7) is 2.04. The van der Waals surface area contributed by atoms with Gasteiger partial charge >= 0.3 is 0 Å².